The third-order valence-corrected chi connectivity index (χ3v) is 2.84. The zero-order valence-corrected chi connectivity index (χ0v) is 10.8. The van der Waals surface area contributed by atoms with Crippen molar-refractivity contribution >= 4 is 29.1 Å². The first kappa shape index (κ1) is 13.2. The Hall–Kier alpha value is -2.26. The van der Waals surface area contributed by atoms with E-state index in [0.717, 1.165) is 5.56 Å². The lowest BCUT2D eigenvalue weighted by Crippen LogP contribution is -1.96. The number of hydrogen-bond donors (Lipinski definition) is 2. The first-order chi connectivity index (χ1) is 9.06. The Morgan fingerprint density at radius 3 is 2.47 bits per heavy atom. The maximum Gasteiger partial charge on any atom is 0.189 e. The Bertz CT molecular complexity index is 633. The first-order valence-electron chi connectivity index (χ1n) is 5.63. The summed E-state index contributed by atoms with van der Waals surface area (Å²) in [4.78, 5) is 11.9. The van der Waals surface area contributed by atoms with Crippen LogP contribution in [0.25, 0.3) is 6.08 Å². The van der Waals surface area contributed by atoms with E-state index in [1.54, 1.807) is 36.4 Å². The van der Waals surface area contributed by atoms with Gasteiger partial charge in [0.25, 0.3) is 0 Å². The summed E-state index contributed by atoms with van der Waals surface area (Å²) in [5.41, 5.74) is 6.99. The van der Waals surface area contributed by atoms with Crippen molar-refractivity contribution < 1.29 is 9.90 Å². The number of halogens is 1. The van der Waals surface area contributed by atoms with Crippen LogP contribution in [-0.4, -0.2) is 10.9 Å². The number of ketones is 1. The minimum Gasteiger partial charge on any atom is -0.507 e. The molecule has 4 heteroatoms. The second-order valence-corrected chi connectivity index (χ2v) is 4.46. The van der Waals surface area contributed by atoms with Gasteiger partial charge in [-0.25, -0.2) is 0 Å². The van der Waals surface area contributed by atoms with E-state index in [9.17, 15) is 9.90 Å². The lowest BCUT2D eigenvalue weighted by atomic mass is 10.1. The number of phenolic OH excluding ortho intramolecular Hbond substituents is 1. The van der Waals surface area contributed by atoms with Crippen molar-refractivity contribution in [1.29, 1.82) is 0 Å². The minimum atomic E-state index is -0.285. The molecule has 2 rings (SSSR count). The number of nitrogen functional groups attached to an aromatic ring is 1. The molecule has 3 nitrogen and oxygen atoms in total. The average molecular weight is 274 g/mol. The standard InChI is InChI=1S/C15H12ClNO2/c16-11-4-1-10(2-5-11)3-8-14(18)13-7-6-12(17)9-15(13)19/h1-9,19H,17H2/b8-3+. The molecule has 0 spiro atoms. The number of phenols is 1. The topological polar surface area (TPSA) is 63.3 Å². The number of allylic oxidation sites excluding steroid dienone is 1. The normalized spacial score (nSPS) is 10.8. The SMILES string of the molecule is Nc1ccc(C(=O)/C=C/c2ccc(Cl)cc2)c(O)c1. The molecule has 0 aliphatic heterocycles. The fourth-order valence-corrected chi connectivity index (χ4v) is 1.72. The largest absolute Gasteiger partial charge is 0.507 e. The molecule has 3 N–H and O–H groups in total. The number of aromatic hydroxyl groups is 1. The molecule has 2 aromatic rings. The summed E-state index contributed by atoms with van der Waals surface area (Å²) in [7, 11) is 0. The molecule has 0 aromatic heterocycles. The van der Waals surface area contributed by atoms with Crippen LogP contribution < -0.4 is 5.73 Å². The Kier molecular flexibility index (Phi) is 3.88. The van der Waals surface area contributed by atoms with Crippen molar-refractivity contribution in [1.82, 2.24) is 0 Å². The zero-order valence-electron chi connectivity index (χ0n) is 10.0. The van der Waals surface area contributed by atoms with Crippen molar-refractivity contribution in [2.75, 3.05) is 5.73 Å². The fourth-order valence-electron chi connectivity index (χ4n) is 1.59. The highest BCUT2D eigenvalue weighted by atomic mass is 35.5. The lowest BCUT2D eigenvalue weighted by Gasteiger charge is -2.01. The molecule has 0 aliphatic carbocycles. The van der Waals surface area contributed by atoms with Crippen LogP contribution in [0.3, 0.4) is 0 Å². The van der Waals surface area contributed by atoms with E-state index >= 15 is 0 Å². The summed E-state index contributed by atoms with van der Waals surface area (Å²) >= 11 is 5.77. The van der Waals surface area contributed by atoms with E-state index in [1.165, 1.54) is 18.2 Å². The van der Waals surface area contributed by atoms with E-state index < -0.39 is 0 Å². The van der Waals surface area contributed by atoms with E-state index in [1.807, 2.05) is 0 Å². The van der Waals surface area contributed by atoms with Crippen molar-refractivity contribution in [3.05, 3.63) is 64.7 Å². The molecule has 0 fully saturated rings. The molecule has 0 amide bonds. The van der Waals surface area contributed by atoms with Crippen LogP contribution in [0.2, 0.25) is 5.02 Å². The number of benzene rings is 2. The van der Waals surface area contributed by atoms with Gasteiger partial charge < -0.3 is 10.8 Å². The van der Waals surface area contributed by atoms with Gasteiger partial charge in [0.2, 0.25) is 0 Å². The van der Waals surface area contributed by atoms with Gasteiger partial charge >= 0.3 is 0 Å². The molecule has 0 atom stereocenters. The van der Waals surface area contributed by atoms with Gasteiger partial charge in [-0.2, -0.15) is 0 Å². The Morgan fingerprint density at radius 1 is 1.16 bits per heavy atom. The van der Waals surface area contributed by atoms with E-state index in [4.69, 9.17) is 17.3 Å². The highest BCUT2D eigenvalue weighted by Gasteiger charge is 2.07. The lowest BCUT2D eigenvalue weighted by molar-refractivity contribution is 0.104. The Labute approximate surface area is 115 Å². The van der Waals surface area contributed by atoms with E-state index in [-0.39, 0.29) is 17.1 Å². The van der Waals surface area contributed by atoms with Crippen LogP contribution in [0.15, 0.2) is 48.5 Å². The minimum absolute atomic E-state index is 0.120. The predicted octanol–water partition coefficient (Wildman–Crippen LogP) is 3.52. The number of rotatable bonds is 3. The van der Waals surface area contributed by atoms with Gasteiger partial charge in [-0.1, -0.05) is 29.8 Å². The van der Waals surface area contributed by atoms with Gasteiger partial charge in [0.05, 0.1) is 5.56 Å². The molecular weight excluding hydrogens is 262 g/mol. The van der Waals surface area contributed by atoms with Crippen molar-refractivity contribution in [2.45, 2.75) is 0 Å². The average Bonchev–Trinajstić information content (AvgIpc) is 2.37. The van der Waals surface area contributed by atoms with Crippen LogP contribution in [0.5, 0.6) is 5.75 Å². The maximum absolute atomic E-state index is 11.9. The van der Waals surface area contributed by atoms with Crippen LogP contribution in [0.4, 0.5) is 5.69 Å². The van der Waals surface area contributed by atoms with Gasteiger partial charge in [0.15, 0.2) is 5.78 Å². The van der Waals surface area contributed by atoms with Crippen molar-refractivity contribution in [2.24, 2.45) is 0 Å². The van der Waals surface area contributed by atoms with Gasteiger partial charge in [-0.15, -0.1) is 0 Å². The summed E-state index contributed by atoms with van der Waals surface area (Å²) in [6.45, 7) is 0. The summed E-state index contributed by atoms with van der Waals surface area (Å²) in [6, 6.07) is 11.5. The smallest absolute Gasteiger partial charge is 0.189 e. The molecule has 96 valence electrons. The highest BCUT2D eigenvalue weighted by molar-refractivity contribution is 6.30. The summed E-state index contributed by atoms with van der Waals surface area (Å²) < 4.78 is 0. The van der Waals surface area contributed by atoms with Crippen LogP contribution in [-0.2, 0) is 0 Å². The molecule has 0 heterocycles. The Balaban J connectivity index is 2.18. The summed E-state index contributed by atoms with van der Waals surface area (Å²) in [6.07, 6.45) is 3.06. The quantitative estimate of drug-likeness (QED) is 0.511. The van der Waals surface area contributed by atoms with Gasteiger partial charge in [0, 0.05) is 16.8 Å². The molecule has 0 bridgehead atoms. The predicted molar refractivity (Wildman–Crippen MR) is 77.3 cm³/mol. The molecular formula is C15H12ClNO2. The first-order valence-corrected chi connectivity index (χ1v) is 6.00. The Morgan fingerprint density at radius 2 is 1.84 bits per heavy atom. The zero-order chi connectivity index (χ0) is 13.8. The number of carbonyl (C=O) groups excluding carboxylic acids is 1. The monoisotopic (exact) mass is 273 g/mol. The van der Waals surface area contributed by atoms with Gasteiger partial charge in [0.1, 0.15) is 5.75 Å². The molecule has 0 saturated heterocycles. The highest BCUT2D eigenvalue weighted by Crippen LogP contribution is 2.21. The second kappa shape index (κ2) is 5.59. The molecule has 2 aromatic carbocycles. The van der Waals surface area contributed by atoms with Gasteiger partial charge in [-0.3, -0.25) is 4.79 Å². The maximum atomic E-state index is 11.9. The number of nitrogens with two attached hydrogens (primary N) is 1. The van der Waals surface area contributed by atoms with Crippen molar-refractivity contribution in [3.8, 4) is 5.75 Å². The van der Waals surface area contributed by atoms with Gasteiger partial charge in [-0.05, 0) is 35.9 Å². The number of carbonyl (C=O) groups is 1. The molecule has 19 heavy (non-hydrogen) atoms. The summed E-state index contributed by atoms with van der Waals surface area (Å²) in [5, 5.41) is 10.3. The molecule has 0 aliphatic rings. The summed E-state index contributed by atoms with van der Waals surface area (Å²) in [5.74, 6) is -0.404. The molecule has 0 radical (unpaired) electrons. The number of hydrogen-bond acceptors (Lipinski definition) is 3. The molecule has 0 saturated carbocycles. The number of anilines is 1. The third kappa shape index (κ3) is 3.36. The molecule has 0 unspecified atom stereocenters. The van der Waals surface area contributed by atoms with E-state index in [2.05, 4.69) is 0 Å². The van der Waals surface area contributed by atoms with Crippen LogP contribution >= 0.6 is 11.6 Å². The third-order valence-electron chi connectivity index (χ3n) is 2.58. The van der Waals surface area contributed by atoms with Crippen LogP contribution in [0.1, 0.15) is 15.9 Å². The van der Waals surface area contributed by atoms with E-state index in [0.29, 0.717) is 10.7 Å². The van der Waals surface area contributed by atoms with Crippen LogP contribution in [0, 0.1) is 0 Å². The van der Waals surface area contributed by atoms with Crippen molar-refractivity contribution in [3.63, 3.8) is 0 Å². The fraction of sp³-hybridized carbons (Fsp3) is 0. The second-order valence-electron chi connectivity index (χ2n) is 4.03.